The Balaban J connectivity index is 2.12. The first-order valence-electron chi connectivity index (χ1n) is 8.33. The van der Waals surface area contributed by atoms with Gasteiger partial charge in [-0.15, -0.1) is 0 Å². The van der Waals surface area contributed by atoms with Crippen molar-refractivity contribution in [3.63, 3.8) is 0 Å². The summed E-state index contributed by atoms with van der Waals surface area (Å²) in [6.07, 6.45) is 0.767. The van der Waals surface area contributed by atoms with Crippen molar-refractivity contribution in [2.45, 2.75) is 24.3 Å². The molecule has 1 N–H and O–H groups in total. The van der Waals surface area contributed by atoms with E-state index in [0.717, 1.165) is 12.0 Å². The number of carbonyl (C=O) groups is 1. The van der Waals surface area contributed by atoms with E-state index in [4.69, 9.17) is 0 Å². The van der Waals surface area contributed by atoms with Crippen molar-refractivity contribution in [2.24, 2.45) is 0 Å². The van der Waals surface area contributed by atoms with Crippen molar-refractivity contribution in [1.29, 1.82) is 0 Å². The van der Waals surface area contributed by atoms with Gasteiger partial charge in [0.15, 0.2) is 0 Å². The number of aryl methyl sites for hydroxylation is 1. The molecule has 1 aliphatic heterocycles. The second-order valence-electron chi connectivity index (χ2n) is 6.77. The van der Waals surface area contributed by atoms with Gasteiger partial charge in [-0.1, -0.05) is 24.3 Å². The Hall–Kier alpha value is -2.38. The summed E-state index contributed by atoms with van der Waals surface area (Å²) in [5.41, 5.74) is 2.15. The molecule has 26 heavy (non-hydrogen) atoms. The van der Waals surface area contributed by atoms with Crippen molar-refractivity contribution in [3.05, 3.63) is 59.2 Å². The molecule has 0 aromatic heterocycles. The number of hydrogen-bond donors (Lipinski definition) is 1. The third-order valence-electron chi connectivity index (χ3n) is 4.85. The molecule has 0 amide bonds. The van der Waals surface area contributed by atoms with E-state index in [9.17, 15) is 18.3 Å². The van der Waals surface area contributed by atoms with Gasteiger partial charge in [0.05, 0.1) is 22.7 Å². The molecule has 2 aromatic rings. The largest absolute Gasteiger partial charge is 0.478 e. The van der Waals surface area contributed by atoms with Crippen LogP contribution in [0.15, 0.2) is 47.4 Å². The first-order valence-corrected chi connectivity index (χ1v) is 9.77. The van der Waals surface area contributed by atoms with Crippen LogP contribution in [0.4, 0.5) is 5.69 Å². The second kappa shape index (κ2) is 6.74. The molecule has 0 radical (unpaired) electrons. The Morgan fingerprint density at radius 3 is 2.54 bits per heavy atom. The molecule has 6 nitrogen and oxygen atoms in total. The van der Waals surface area contributed by atoms with Gasteiger partial charge < -0.3 is 10.0 Å². The van der Waals surface area contributed by atoms with Crippen molar-refractivity contribution in [3.8, 4) is 0 Å². The van der Waals surface area contributed by atoms with Gasteiger partial charge >= 0.3 is 5.97 Å². The highest BCUT2D eigenvalue weighted by Gasteiger charge is 2.34. The Morgan fingerprint density at radius 2 is 1.88 bits per heavy atom. The lowest BCUT2D eigenvalue weighted by molar-refractivity contribution is 0.0696. The maximum atomic E-state index is 13.3. The van der Waals surface area contributed by atoms with Crippen molar-refractivity contribution >= 4 is 21.7 Å². The highest BCUT2D eigenvalue weighted by Crippen LogP contribution is 2.33. The summed E-state index contributed by atoms with van der Waals surface area (Å²) >= 11 is 0. The van der Waals surface area contributed by atoms with E-state index >= 15 is 0 Å². The normalized spacial score (nSPS) is 17.2. The molecule has 1 atom stereocenters. The average molecular weight is 374 g/mol. The molecule has 0 spiro atoms. The van der Waals surface area contributed by atoms with Crippen LogP contribution in [-0.2, 0) is 16.4 Å². The van der Waals surface area contributed by atoms with Gasteiger partial charge in [0.2, 0.25) is 0 Å². The lowest BCUT2D eigenvalue weighted by atomic mass is 9.99. The number of carboxylic acid groups (broad SMARTS) is 1. The predicted octanol–water partition coefficient (Wildman–Crippen LogP) is 2.37. The quantitative estimate of drug-likeness (QED) is 0.889. The molecular weight excluding hydrogens is 352 g/mol. The molecular formula is C19H22N2O4S. The highest BCUT2D eigenvalue weighted by molar-refractivity contribution is 7.92. The van der Waals surface area contributed by atoms with Gasteiger partial charge in [0, 0.05) is 6.04 Å². The predicted molar refractivity (Wildman–Crippen MR) is 100 cm³/mol. The lowest BCUT2D eigenvalue weighted by Gasteiger charge is -2.38. The van der Waals surface area contributed by atoms with Crippen molar-refractivity contribution in [1.82, 2.24) is 4.90 Å². The van der Waals surface area contributed by atoms with Crippen LogP contribution >= 0.6 is 0 Å². The highest BCUT2D eigenvalue weighted by atomic mass is 32.2. The van der Waals surface area contributed by atoms with Gasteiger partial charge in [-0.05, 0) is 56.8 Å². The first kappa shape index (κ1) is 18.4. The molecule has 1 aliphatic rings. The van der Waals surface area contributed by atoms with Crippen LogP contribution in [0.2, 0.25) is 0 Å². The summed E-state index contributed by atoms with van der Waals surface area (Å²) in [6.45, 7) is 1.97. The molecule has 1 unspecified atom stereocenters. The maximum absolute atomic E-state index is 13.3. The lowest BCUT2D eigenvalue weighted by Crippen LogP contribution is -2.48. The maximum Gasteiger partial charge on any atom is 0.335 e. The summed E-state index contributed by atoms with van der Waals surface area (Å²) in [4.78, 5) is 13.4. The molecule has 0 saturated carbocycles. The monoisotopic (exact) mass is 374 g/mol. The van der Waals surface area contributed by atoms with E-state index in [1.165, 1.54) is 22.5 Å². The Kier molecular flexibility index (Phi) is 4.77. The third-order valence-corrected chi connectivity index (χ3v) is 6.63. The number of nitrogens with zero attached hydrogens (tertiary/aromatic N) is 2. The topological polar surface area (TPSA) is 77.9 Å². The SMILES string of the molecule is Cc1ccc(S(=O)(=O)N2CC(N(C)C)Cc3ccccc32)cc1C(=O)O. The number of likely N-dealkylation sites (N-methyl/N-ethyl adjacent to an activating group) is 1. The fourth-order valence-electron chi connectivity index (χ4n) is 3.23. The van der Waals surface area contributed by atoms with E-state index in [1.54, 1.807) is 13.0 Å². The number of para-hydroxylation sites is 1. The van der Waals surface area contributed by atoms with Crippen LogP contribution in [0, 0.1) is 6.92 Å². The van der Waals surface area contributed by atoms with Crippen LogP contribution in [0.3, 0.4) is 0 Å². The molecule has 2 aromatic carbocycles. The Labute approximate surface area is 153 Å². The molecule has 3 rings (SSSR count). The van der Waals surface area contributed by atoms with Crippen molar-refractivity contribution in [2.75, 3.05) is 24.9 Å². The van der Waals surface area contributed by atoms with Crippen molar-refractivity contribution < 1.29 is 18.3 Å². The number of fused-ring (bicyclic) bond motifs is 1. The fraction of sp³-hybridized carbons (Fsp3) is 0.316. The molecule has 0 bridgehead atoms. The number of carboxylic acids is 1. The summed E-state index contributed by atoms with van der Waals surface area (Å²) in [5, 5.41) is 9.32. The number of rotatable bonds is 4. The van der Waals surface area contributed by atoms with E-state index in [0.29, 0.717) is 17.8 Å². The van der Waals surface area contributed by atoms with Crippen LogP contribution in [0.5, 0.6) is 0 Å². The molecule has 0 aliphatic carbocycles. The van der Waals surface area contributed by atoms with Crippen LogP contribution in [-0.4, -0.2) is 51.1 Å². The second-order valence-corrected chi connectivity index (χ2v) is 8.63. The zero-order valence-corrected chi connectivity index (χ0v) is 15.8. The van der Waals surface area contributed by atoms with Gasteiger partial charge in [-0.2, -0.15) is 0 Å². The number of sulfonamides is 1. The molecule has 0 fully saturated rings. The van der Waals surface area contributed by atoms with Gasteiger partial charge in [-0.3, -0.25) is 4.31 Å². The number of anilines is 1. The minimum Gasteiger partial charge on any atom is -0.478 e. The number of hydrogen-bond acceptors (Lipinski definition) is 4. The van der Waals surface area contributed by atoms with Crippen LogP contribution < -0.4 is 4.31 Å². The molecule has 7 heteroatoms. The van der Waals surface area contributed by atoms with E-state index in [2.05, 4.69) is 0 Å². The summed E-state index contributed by atoms with van der Waals surface area (Å²) in [6, 6.07) is 11.7. The summed E-state index contributed by atoms with van der Waals surface area (Å²) < 4.78 is 28.0. The fourth-order valence-corrected chi connectivity index (χ4v) is 4.79. The molecule has 138 valence electrons. The first-order chi connectivity index (χ1) is 12.2. The Morgan fingerprint density at radius 1 is 1.19 bits per heavy atom. The standard InChI is InChI=1S/C19H22N2O4S/c1-13-8-9-16(11-17(13)19(22)23)26(24,25)21-12-15(20(2)3)10-14-6-4-5-7-18(14)21/h4-9,11,15H,10,12H2,1-3H3,(H,22,23). The van der Waals surface area contributed by atoms with Gasteiger partial charge in [0.1, 0.15) is 0 Å². The van der Waals surface area contributed by atoms with Crippen LogP contribution in [0.25, 0.3) is 0 Å². The molecule has 1 heterocycles. The third kappa shape index (κ3) is 3.20. The minimum atomic E-state index is -3.87. The number of benzene rings is 2. The summed E-state index contributed by atoms with van der Waals surface area (Å²) in [7, 11) is -0.0146. The molecule has 0 saturated heterocycles. The average Bonchev–Trinajstić information content (AvgIpc) is 2.60. The zero-order chi connectivity index (χ0) is 19.1. The van der Waals surface area contributed by atoms with Gasteiger partial charge in [0.25, 0.3) is 10.0 Å². The Bertz CT molecular complexity index is 954. The van der Waals surface area contributed by atoms with E-state index in [-0.39, 0.29) is 16.5 Å². The van der Waals surface area contributed by atoms with E-state index in [1.807, 2.05) is 37.2 Å². The minimum absolute atomic E-state index is 0.000490. The van der Waals surface area contributed by atoms with Gasteiger partial charge in [-0.25, -0.2) is 13.2 Å². The summed E-state index contributed by atoms with van der Waals surface area (Å²) in [5.74, 6) is -1.13. The van der Waals surface area contributed by atoms with Crippen LogP contribution in [0.1, 0.15) is 21.5 Å². The number of aromatic carboxylic acids is 1. The smallest absolute Gasteiger partial charge is 0.335 e. The zero-order valence-electron chi connectivity index (χ0n) is 15.0. The van der Waals surface area contributed by atoms with E-state index < -0.39 is 16.0 Å².